The average molecular weight is 483 g/mol. The number of amides is 1. The molecule has 4 rings (SSSR count). The molecule has 0 unspecified atom stereocenters. The number of nitrogens with one attached hydrogen (secondary N) is 1. The number of nitrogens with zero attached hydrogens (tertiary/aromatic N) is 1. The Kier molecular flexibility index (Phi) is 5.79. The van der Waals surface area contributed by atoms with E-state index in [1.165, 1.54) is 11.3 Å². The molecule has 1 N–H and O–H groups in total. The first-order chi connectivity index (χ1) is 14.7. The highest BCUT2D eigenvalue weighted by atomic mass is 35.5. The predicted octanol–water partition coefficient (Wildman–Crippen LogP) is 7.67. The van der Waals surface area contributed by atoms with Crippen LogP contribution in [0.2, 0.25) is 10.0 Å². The zero-order valence-electron chi connectivity index (χ0n) is 15.3. The normalized spacial score (nSPS) is 11.5. The molecule has 0 saturated heterocycles. The van der Waals surface area contributed by atoms with Crippen molar-refractivity contribution in [2.24, 2.45) is 0 Å². The Balaban J connectivity index is 1.54. The molecule has 0 atom stereocenters. The number of aromatic nitrogens is 1. The Morgan fingerprint density at radius 3 is 2.48 bits per heavy atom. The summed E-state index contributed by atoms with van der Waals surface area (Å²) in [5.41, 5.74) is 0.0800. The van der Waals surface area contributed by atoms with E-state index in [0.29, 0.717) is 31.7 Å². The van der Waals surface area contributed by atoms with Crippen LogP contribution in [0, 0.1) is 0 Å². The maximum Gasteiger partial charge on any atom is 0.416 e. The fraction of sp³-hybridized carbons (Fsp3) is 0.0476. The SMILES string of the molecule is O=C(Nc1nc2ccc(Oc3ccc(C(F)(F)F)cc3Cl)cc2s1)c1ccccc1Cl. The van der Waals surface area contributed by atoms with E-state index >= 15 is 0 Å². The number of carbonyl (C=O) groups excluding carboxylic acids is 1. The lowest BCUT2D eigenvalue weighted by Crippen LogP contribution is -2.11. The molecule has 1 aromatic heterocycles. The fourth-order valence-corrected chi connectivity index (χ4v) is 4.05. The molecule has 0 aliphatic carbocycles. The Hall–Kier alpha value is -2.81. The summed E-state index contributed by atoms with van der Waals surface area (Å²) in [6.45, 7) is 0. The number of anilines is 1. The number of ether oxygens (including phenoxy) is 1. The third-order valence-corrected chi connectivity index (χ3v) is 5.74. The predicted molar refractivity (Wildman–Crippen MR) is 116 cm³/mol. The van der Waals surface area contributed by atoms with Crippen LogP contribution in [-0.4, -0.2) is 10.9 Å². The average Bonchev–Trinajstić information content (AvgIpc) is 3.10. The smallest absolute Gasteiger partial charge is 0.416 e. The van der Waals surface area contributed by atoms with Crippen molar-refractivity contribution >= 4 is 55.8 Å². The van der Waals surface area contributed by atoms with E-state index in [0.717, 1.165) is 18.2 Å². The molecule has 0 saturated carbocycles. The number of thiazole rings is 1. The van der Waals surface area contributed by atoms with Crippen molar-refractivity contribution in [2.45, 2.75) is 6.18 Å². The van der Waals surface area contributed by atoms with Gasteiger partial charge in [-0.3, -0.25) is 10.1 Å². The lowest BCUT2D eigenvalue weighted by atomic mass is 10.2. The highest BCUT2D eigenvalue weighted by Gasteiger charge is 2.31. The van der Waals surface area contributed by atoms with Gasteiger partial charge in [-0.05, 0) is 42.5 Å². The molecule has 3 aromatic carbocycles. The van der Waals surface area contributed by atoms with Crippen LogP contribution in [0.4, 0.5) is 18.3 Å². The van der Waals surface area contributed by atoms with Gasteiger partial charge >= 0.3 is 6.18 Å². The summed E-state index contributed by atoms with van der Waals surface area (Å²) in [7, 11) is 0. The van der Waals surface area contributed by atoms with E-state index in [-0.39, 0.29) is 10.8 Å². The molecule has 1 heterocycles. The first kappa shape index (κ1) is 21.4. The first-order valence-corrected chi connectivity index (χ1v) is 10.3. The topological polar surface area (TPSA) is 51.2 Å². The van der Waals surface area contributed by atoms with Crippen LogP contribution < -0.4 is 10.1 Å². The molecule has 1 amide bonds. The van der Waals surface area contributed by atoms with Gasteiger partial charge in [0.1, 0.15) is 11.5 Å². The highest BCUT2D eigenvalue weighted by Crippen LogP contribution is 2.37. The second kappa shape index (κ2) is 8.37. The van der Waals surface area contributed by atoms with Gasteiger partial charge in [-0.25, -0.2) is 4.98 Å². The second-order valence-corrected chi connectivity index (χ2v) is 8.17. The van der Waals surface area contributed by atoms with Crippen molar-refractivity contribution in [3.05, 3.63) is 81.8 Å². The van der Waals surface area contributed by atoms with Crippen LogP contribution in [0.25, 0.3) is 10.2 Å². The summed E-state index contributed by atoms with van der Waals surface area (Å²) in [5.74, 6) is 0.0604. The number of hydrogen-bond donors (Lipinski definition) is 1. The summed E-state index contributed by atoms with van der Waals surface area (Å²) in [6, 6.07) is 14.5. The Labute approximate surface area is 188 Å². The zero-order chi connectivity index (χ0) is 22.2. The van der Waals surface area contributed by atoms with Crippen LogP contribution in [0.3, 0.4) is 0 Å². The van der Waals surface area contributed by atoms with Gasteiger partial charge in [0, 0.05) is 6.07 Å². The van der Waals surface area contributed by atoms with Crippen molar-refractivity contribution in [2.75, 3.05) is 5.32 Å². The van der Waals surface area contributed by atoms with Crippen LogP contribution in [0.5, 0.6) is 11.5 Å². The van der Waals surface area contributed by atoms with E-state index in [1.54, 1.807) is 42.5 Å². The number of benzene rings is 3. The zero-order valence-corrected chi connectivity index (χ0v) is 17.7. The monoisotopic (exact) mass is 482 g/mol. The van der Waals surface area contributed by atoms with E-state index in [2.05, 4.69) is 10.3 Å². The highest BCUT2D eigenvalue weighted by molar-refractivity contribution is 7.22. The minimum atomic E-state index is -4.49. The van der Waals surface area contributed by atoms with Gasteiger partial charge in [0.2, 0.25) is 0 Å². The molecule has 0 fully saturated rings. The Morgan fingerprint density at radius 2 is 1.77 bits per heavy atom. The van der Waals surface area contributed by atoms with Crippen molar-refractivity contribution in [3.8, 4) is 11.5 Å². The van der Waals surface area contributed by atoms with Gasteiger partial charge < -0.3 is 4.74 Å². The van der Waals surface area contributed by atoms with Crippen molar-refractivity contribution < 1.29 is 22.7 Å². The first-order valence-electron chi connectivity index (χ1n) is 8.72. The maximum atomic E-state index is 12.8. The Bertz CT molecular complexity index is 1290. The van der Waals surface area contributed by atoms with Gasteiger partial charge in [-0.1, -0.05) is 46.7 Å². The summed E-state index contributed by atoms with van der Waals surface area (Å²) in [4.78, 5) is 16.8. The van der Waals surface area contributed by atoms with Gasteiger partial charge in [-0.15, -0.1) is 0 Å². The summed E-state index contributed by atoms with van der Waals surface area (Å²) in [6.07, 6.45) is -4.49. The minimum absolute atomic E-state index is 0.0887. The number of rotatable bonds is 4. The van der Waals surface area contributed by atoms with Crippen molar-refractivity contribution in [1.29, 1.82) is 0 Å². The molecule has 0 aliphatic heterocycles. The molecule has 4 nitrogen and oxygen atoms in total. The number of fused-ring (bicyclic) bond motifs is 1. The number of halogens is 5. The molecule has 10 heteroatoms. The van der Waals surface area contributed by atoms with Crippen LogP contribution >= 0.6 is 34.5 Å². The minimum Gasteiger partial charge on any atom is -0.456 e. The summed E-state index contributed by atoms with van der Waals surface area (Å²) in [5, 5.41) is 3.23. The van der Waals surface area contributed by atoms with E-state index in [1.807, 2.05) is 0 Å². The molecule has 0 spiro atoms. The van der Waals surface area contributed by atoms with Crippen LogP contribution in [0.1, 0.15) is 15.9 Å². The van der Waals surface area contributed by atoms with Crippen LogP contribution in [0.15, 0.2) is 60.7 Å². The molecule has 0 bridgehead atoms. The maximum absolute atomic E-state index is 12.8. The van der Waals surface area contributed by atoms with Crippen LogP contribution in [-0.2, 0) is 6.18 Å². The fourth-order valence-electron chi connectivity index (χ4n) is 2.72. The van der Waals surface area contributed by atoms with Gasteiger partial charge in [-0.2, -0.15) is 13.2 Å². The third kappa shape index (κ3) is 4.76. The van der Waals surface area contributed by atoms with E-state index in [9.17, 15) is 18.0 Å². The molecule has 4 aromatic rings. The summed E-state index contributed by atoms with van der Waals surface area (Å²) >= 11 is 13.2. The van der Waals surface area contributed by atoms with Gasteiger partial charge in [0.15, 0.2) is 5.13 Å². The third-order valence-electron chi connectivity index (χ3n) is 4.19. The molecule has 31 heavy (non-hydrogen) atoms. The quantitative estimate of drug-likeness (QED) is 0.324. The van der Waals surface area contributed by atoms with Gasteiger partial charge in [0.05, 0.1) is 31.4 Å². The largest absolute Gasteiger partial charge is 0.456 e. The molecular formula is C21H11Cl2F3N2O2S. The molecule has 0 radical (unpaired) electrons. The lowest BCUT2D eigenvalue weighted by Gasteiger charge is -2.11. The van der Waals surface area contributed by atoms with Crippen molar-refractivity contribution in [1.82, 2.24) is 4.98 Å². The van der Waals surface area contributed by atoms with Crippen molar-refractivity contribution in [3.63, 3.8) is 0 Å². The molecule has 0 aliphatic rings. The van der Waals surface area contributed by atoms with E-state index < -0.39 is 17.6 Å². The Morgan fingerprint density at radius 1 is 1.00 bits per heavy atom. The molecular weight excluding hydrogens is 472 g/mol. The number of carbonyl (C=O) groups is 1. The second-order valence-electron chi connectivity index (χ2n) is 6.33. The number of hydrogen-bond acceptors (Lipinski definition) is 4. The van der Waals surface area contributed by atoms with Gasteiger partial charge in [0.25, 0.3) is 5.91 Å². The summed E-state index contributed by atoms with van der Waals surface area (Å²) < 4.78 is 44.7. The van der Waals surface area contributed by atoms with E-state index in [4.69, 9.17) is 27.9 Å². The lowest BCUT2D eigenvalue weighted by molar-refractivity contribution is -0.137. The molecule has 158 valence electrons. The number of alkyl halides is 3. The standard InChI is InChI=1S/C21H11Cl2F3N2O2S/c22-14-4-2-1-3-13(14)19(29)28-20-27-16-7-6-12(10-18(16)31-20)30-17-8-5-11(9-15(17)23)21(24,25)26/h1-10H,(H,27,28,29).